The monoisotopic (exact) mass is 354 g/mol. The van der Waals surface area contributed by atoms with Crippen LogP contribution in [0.1, 0.15) is 12.5 Å². The topological polar surface area (TPSA) is 64.4 Å². The maximum absolute atomic E-state index is 5.32. The third-order valence-electron chi connectivity index (χ3n) is 3.76. The molecule has 0 bridgehead atoms. The number of aromatic amines is 1. The number of benzene rings is 2. The highest BCUT2D eigenvalue weighted by Gasteiger charge is 2.09. The van der Waals surface area contributed by atoms with Crippen LogP contribution in [0.4, 0.5) is 0 Å². The van der Waals surface area contributed by atoms with Gasteiger partial charge in [-0.1, -0.05) is 0 Å². The fraction of sp³-hybridized carbons (Fsp3) is 0.167. The first kappa shape index (κ1) is 16.9. The highest BCUT2D eigenvalue weighted by atomic mass is 32.1. The smallest absolute Gasteiger partial charge is 0.216 e. The van der Waals surface area contributed by atoms with E-state index in [4.69, 9.17) is 21.7 Å². The molecule has 0 fully saturated rings. The summed E-state index contributed by atoms with van der Waals surface area (Å²) in [4.78, 5) is 0. The standard InChI is InChI=1S/C18H18N4O2S/c1-12(13-4-8-15(23-2)9-5-13)21-22-17(19-20-18(22)25)14-6-10-16(24-3)11-7-14/h4-11H,1-3H3,(H,20,25). The highest BCUT2D eigenvalue weighted by Crippen LogP contribution is 2.21. The number of H-pyrrole nitrogens is 1. The van der Waals surface area contributed by atoms with Crippen LogP contribution < -0.4 is 9.47 Å². The molecule has 128 valence electrons. The molecule has 0 aliphatic heterocycles. The summed E-state index contributed by atoms with van der Waals surface area (Å²) >= 11 is 5.32. The Morgan fingerprint density at radius 1 is 1.00 bits per heavy atom. The van der Waals surface area contributed by atoms with Gasteiger partial charge in [-0.15, -0.1) is 0 Å². The molecule has 0 radical (unpaired) electrons. The number of methoxy groups -OCH3 is 2. The SMILES string of the molecule is COc1ccc(C(C)=Nn2c(-c3ccc(OC)cc3)n[nH]c2=S)cc1. The van der Waals surface area contributed by atoms with E-state index in [9.17, 15) is 0 Å². The normalized spacial score (nSPS) is 11.4. The fourth-order valence-corrected chi connectivity index (χ4v) is 2.52. The van der Waals surface area contributed by atoms with Crippen LogP contribution in [0.2, 0.25) is 0 Å². The maximum atomic E-state index is 5.32. The molecular formula is C18H18N4O2S. The van der Waals surface area contributed by atoms with E-state index in [1.54, 1.807) is 18.9 Å². The third-order valence-corrected chi connectivity index (χ3v) is 4.02. The summed E-state index contributed by atoms with van der Waals surface area (Å²) in [5, 5.41) is 11.7. The summed E-state index contributed by atoms with van der Waals surface area (Å²) in [5.74, 6) is 2.22. The molecule has 2 aromatic carbocycles. The Kier molecular flexibility index (Phi) is 4.95. The number of hydrogen-bond donors (Lipinski definition) is 1. The second-order valence-corrected chi connectivity index (χ2v) is 5.69. The van der Waals surface area contributed by atoms with Gasteiger partial charge in [0.2, 0.25) is 4.77 Å². The molecule has 25 heavy (non-hydrogen) atoms. The lowest BCUT2D eigenvalue weighted by Crippen LogP contribution is -2.01. The molecule has 3 aromatic rings. The molecule has 1 N–H and O–H groups in total. The Morgan fingerprint density at radius 2 is 1.56 bits per heavy atom. The van der Waals surface area contributed by atoms with E-state index in [1.807, 2.05) is 55.5 Å². The number of aromatic nitrogens is 3. The zero-order valence-corrected chi connectivity index (χ0v) is 15.0. The van der Waals surface area contributed by atoms with Crippen LogP contribution in [0.15, 0.2) is 53.6 Å². The van der Waals surface area contributed by atoms with E-state index in [0.717, 1.165) is 28.3 Å². The Bertz CT molecular complexity index is 940. The van der Waals surface area contributed by atoms with Crippen LogP contribution in [0.3, 0.4) is 0 Å². The van der Waals surface area contributed by atoms with E-state index in [-0.39, 0.29) is 0 Å². The zero-order valence-electron chi connectivity index (χ0n) is 14.2. The lowest BCUT2D eigenvalue weighted by atomic mass is 10.1. The van der Waals surface area contributed by atoms with Gasteiger partial charge in [-0.3, -0.25) is 0 Å². The van der Waals surface area contributed by atoms with Crippen molar-refractivity contribution in [3.63, 3.8) is 0 Å². The van der Waals surface area contributed by atoms with Crippen molar-refractivity contribution >= 4 is 17.9 Å². The number of ether oxygens (including phenoxy) is 2. The van der Waals surface area contributed by atoms with Crippen molar-refractivity contribution in [2.45, 2.75) is 6.92 Å². The van der Waals surface area contributed by atoms with Gasteiger partial charge in [0.05, 0.1) is 19.9 Å². The zero-order chi connectivity index (χ0) is 17.8. The summed E-state index contributed by atoms with van der Waals surface area (Å²) in [6, 6.07) is 15.3. The van der Waals surface area contributed by atoms with Crippen LogP contribution in [0.25, 0.3) is 11.4 Å². The van der Waals surface area contributed by atoms with Crippen LogP contribution in [-0.4, -0.2) is 34.8 Å². The molecule has 0 spiro atoms. The van der Waals surface area contributed by atoms with Crippen molar-refractivity contribution < 1.29 is 9.47 Å². The molecule has 0 unspecified atom stereocenters. The van der Waals surface area contributed by atoms with Gasteiger partial charge < -0.3 is 9.47 Å². The number of nitrogens with one attached hydrogen (secondary N) is 1. The van der Waals surface area contributed by atoms with Gasteiger partial charge in [-0.05, 0) is 73.2 Å². The number of hydrogen-bond acceptors (Lipinski definition) is 5. The van der Waals surface area contributed by atoms with Crippen molar-refractivity contribution in [2.24, 2.45) is 5.10 Å². The number of rotatable bonds is 5. The largest absolute Gasteiger partial charge is 0.497 e. The lowest BCUT2D eigenvalue weighted by molar-refractivity contribution is 0.414. The average Bonchev–Trinajstić information content (AvgIpc) is 3.02. The van der Waals surface area contributed by atoms with Crippen molar-refractivity contribution in [3.05, 3.63) is 58.9 Å². The molecule has 3 rings (SSSR count). The Morgan fingerprint density at radius 3 is 2.12 bits per heavy atom. The summed E-state index contributed by atoms with van der Waals surface area (Å²) < 4.78 is 12.4. The van der Waals surface area contributed by atoms with Crippen LogP contribution in [0, 0.1) is 4.77 Å². The van der Waals surface area contributed by atoms with Crippen LogP contribution in [0.5, 0.6) is 11.5 Å². The molecule has 0 aliphatic carbocycles. The molecular weight excluding hydrogens is 336 g/mol. The van der Waals surface area contributed by atoms with E-state index in [2.05, 4.69) is 15.3 Å². The molecule has 7 heteroatoms. The van der Waals surface area contributed by atoms with E-state index in [1.165, 1.54) is 0 Å². The Labute approximate surface area is 150 Å². The Balaban J connectivity index is 1.98. The molecule has 0 saturated carbocycles. The molecule has 1 aromatic heterocycles. The van der Waals surface area contributed by atoms with Gasteiger partial charge in [0.1, 0.15) is 11.5 Å². The van der Waals surface area contributed by atoms with Crippen LogP contribution >= 0.6 is 12.2 Å². The summed E-state index contributed by atoms with van der Waals surface area (Å²) in [7, 11) is 3.27. The van der Waals surface area contributed by atoms with Crippen molar-refractivity contribution in [3.8, 4) is 22.9 Å². The predicted octanol–water partition coefficient (Wildman–Crippen LogP) is 3.90. The summed E-state index contributed by atoms with van der Waals surface area (Å²) in [5.41, 5.74) is 2.68. The summed E-state index contributed by atoms with van der Waals surface area (Å²) in [6.07, 6.45) is 0. The number of nitrogens with zero attached hydrogens (tertiary/aromatic N) is 3. The minimum atomic E-state index is 0.429. The van der Waals surface area contributed by atoms with E-state index in [0.29, 0.717) is 10.6 Å². The van der Waals surface area contributed by atoms with Gasteiger partial charge in [-0.2, -0.15) is 14.9 Å². The predicted molar refractivity (Wildman–Crippen MR) is 100 cm³/mol. The molecule has 6 nitrogen and oxygen atoms in total. The van der Waals surface area contributed by atoms with Gasteiger partial charge in [0.15, 0.2) is 5.82 Å². The quantitative estimate of drug-likeness (QED) is 0.557. The molecule has 1 heterocycles. The van der Waals surface area contributed by atoms with Gasteiger partial charge in [-0.25, -0.2) is 5.10 Å². The van der Waals surface area contributed by atoms with Gasteiger partial charge in [0.25, 0.3) is 0 Å². The minimum Gasteiger partial charge on any atom is -0.497 e. The maximum Gasteiger partial charge on any atom is 0.216 e. The first-order valence-electron chi connectivity index (χ1n) is 7.64. The molecule has 0 saturated heterocycles. The lowest BCUT2D eigenvalue weighted by Gasteiger charge is -2.06. The molecule has 0 atom stereocenters. The van der Waals surface area contributed by atoms with Crippen molar-refractivity contribution in [1.29, 1.82) is 0 Å². The second-order valence-electron chi connectivity index (χ2n) is 5.31. The molecule has 0 aliphatic rings. The van der Waals surface area contributed by atoms with Crippen LogP contribution in [-0.2, 0) is 0 Å². The fourth-order valence-electron chi connectivity index (χ4n) is 2.35. The first-order chi connectivity index (χ1) is 12.1. The van der Waals surface area contributed by atoms with E-state index < -0.39 is 0 Å². The third kappa shape index (κ3) is 3.61. The Hall–Kier alpha value is -2.93. The summed E-state index contributed by atoms with van der Waals surface area (Å²) in [6.45, 7) is 1.92. The second kappa shape index (κ2) is 7.31. The van der Waals surface area contributed by atoms with E-state index >= 15 is 0 Å². The first-order valence-corrected chi connectivity index (χ1v) is 8.05. The molecule has 0 amide bonds. The van der Waals surface area contributed by atoms with Crippen molar-refractivity contribution in [2.75, 3.05) is 14.2 Å². The van der Waals surface area contributed by atoms with Gasteiger partial charge in [0, 0.05) is 5.56 Å². The van der Waals surface area contributed by atoms with Gasteiger partial charge >= 0.3 is 0 Å². The average molecular weight is 354 g/mol. The highest BCUT2D eigenvalue weighted by molar-refractivity contribution is 7.71. The van der Waals surface area contributed by atoms with Crippen molar-refractivity contribution in [1.82, 2.24) is 14.9 Å². The minimum absolute atomic E-state index is 0.429.